The van der Waals surface area contributed by atoms with E-state index in [-0.39, 0.29) is 22.8 Å². The van der Waals surface area contributed by atoms with E-state index in [1.54, 1.807) is 6.07 Å². The van der Waals surface area contributed by atoms with Crippen molar-refractivity contribution in [1.82, 2.24) is 5.32 Å². The molecule has 2 aromatic rings. The molecule has 0 atom stereocenters. The van der Waals surface area contributed by atoms with E-state index in [4.69, 9.17) is 12.2 Å². The number of nitrogens with one attached hydrogen (secondary N) is 3. The number of methoxy groups -OCH3 is 1. The van der Waals surface area contributed by atoms with Crippen LogP contribution in [-0.4, -0.2) is 32.5 Å². The summed E-state index contributed by atoms with van der Waals surface area (Å²) >= 11 is 5.05. The summed E-state index contributed by atoms with van der Waals surface area (Å²) in [6, 6.07) is 11.4. The zero-order valence-electron chi connectivity index (χ0n) is 16.8. The quantitative estimate of drug-likeness (QED) is 0.440. The molecule has 2 aromatic carbocycles. The van der Waals surface area contributed by atoms with Crippen LogP contribution in [0.5, 0.6) is 0 Å². The molecule has 160 valence electrons. The Morgan fingerprint density at radius 3 is 2.30 bits per heavy atom. The van der Waals surface area contributed by atoms with Crippen LogP contribution >= 0.6 is 12.2 Å². The molecule has 0 aromatic heterocycles. The lowest BCUT2D eigenvalue weighted by Gasteiger charge is -2.12. The van der Waals surface area contributed by atoms with Crippen LogP contribution in [0.2, 0.25) is 0 Å². The Bertz CT molecular complexity index is 1050. The van der Waals surface area contributed by atoms with Crippen LogP contribution < -0.4 is 15.4 Å². The molecule has 0 radical (unpaired) electrons. The number of amides is 1. The van der Waals surface area contributed by atoms with E-state index in [0.717, 1.165) is 11.1 Å². The van der Waals surface area contributed by atoms with E-state index in [1.165, 1.54) is 31.4 Å². The van der Waals surface area contributed by atoms with Crippen molar-refractivity contribution in [3.05, 3.63) is 53.6 Å². The SMILES string of the molecule is COC(=O)CCC(=O)NC(=S)Nc1ccc(S(=O)(=O)Nc2ccc(C)cc2C)cc1. The number of carbonyl (C=O) groups excluding carboxylic acids is 2. The van der Waals surface area contributed by atoms with Gasteiger partial charge >= 0.3 is 5.97 Å². The van der Waals surface area contributed by atoms with Gasteiger partial charge in [0.05, 0.1) is 24.1 Å². The monoisotopic (exact) mass is 449 g/mol. The van der Waals surface area contributed by atoms with Gasteiger partial charge < -0.3 is 15.4 Å². The Kier molecular flexibility index (Phi) is 7.90. The number of aryl methyl sites for hydroxylation is 2. The molecule has 0 aliphatic rings. The highest BCUT2D eigenvalue weighted by atomic mass is 32.2. The lowest BCUT2D eigenvalue weighted by atomic mass is 10.1. The van der Waals surface area contributed by atoms with Gasteiger partial charge in [-0.05, 0) is 62.0 Å². The van der Waals surface area contributed by atoms with Gasteiger partial charge in [-0.1, -0.05) is 17.7 Å². The first kappa shape index (κ1) is 23.3. The smallest absolute Gasteiger partial charge is 0.306 e. The van der Waals surface area contributed by atoms with Crippen LogP contribution in [0.3, 0.4) is 0 Å². The molecule has 0 aliphatic heterocycles. The zero-order chi connectivity index (χ0) is 22.3. The number of rotatable bonds is 7. The molecule has 8 nitrogen and oxygen atoms in total. The van der Waals surface area contributed by atoms with Crippen molar-refractivity contribution in [2.75, 3.05) is 17.1 Å². The van der Waals surface area contributed by atoms with Gasteiger partial charge in [0, 0.05) is 12.1 Å². The molecule has 0 unspecified atom stereocenters. The van der Waals surface area contributed by atoms with Crippen LogP contribution in [0.15, 0.2) is 47.4 Å². The van der Waals surface area contributed by atoms with Crippen LogP contribution in [0, 0.1) is 13.8 Å². The summed E-state index contributed by atoms with van der Waals surface area (Å²) in [5.41, 5.74) is 2.88. The molecular weight excluding hydrogens is 426 g/mol. The van der Waals surface area contributed by atoms with Crippen molar-refractivity contribution >= 4 is 50.6 Å². The maximum Gasteiger partial charge on any atom is 0.306 e. The summed E-state index contributed by atoms with van der Waals surface area (Å²) in [7, 11) is -2.51. The minimum absolute atomic E-state index is 0.0360. The number of ether oxygens (including phenoxy) is 1. The van der Waals surface area contributed by atoms with Crippen molar-refractivity contribution in [1.29, 1.82) is 0 Å². The van der Waals surface area contributed by atoms with E-state index in [2.05, 4.69) is 20.1 Å². The van der Waals surface area contributed by atoms with Crippen molar-refractivity contribution in [2.24, 2.45) is 0 Å². The summed E-state index contributed by atoms with van der Waals surface area (Å²) in [6.07, 6.45) is -0.110. The highest BCUT2D eigenvalue weighted by molar-refractivity contribution is 7.92. The molecule has 3 N–H and O–H groups in total. The second kappa shape index (κ2) is 10.2. The molecule has 0 heterocycles. The van der Waals surface area contributed by atoms with Gasteiger partial charge in [0.2, 0.25) is 5.91 Å². The van der Waals surface area contributed by atoms with E-state index in [0.29, 0.717) is 11.4 Å². The van der Waals surface area contributed by atoms with E-state index in [1.807, 2.05) is 26.0 Å². The lowest BCUT2D eigenvalue weighted by molar-refractivity contribution is -0.142. The molecule has 1 amide bonds. The standard InChI is InChI=1S/C20H23N3O5S2/c1-13-4-9-17(14(2)12-13)23-30(26,27)16-7-5-15(6-8-16)21-20(29)22-18(24)10-11-19(25)28-3/h4-9,12,23H,10-11H2,1-3H3,(H2,21,22,24,29). The normalized spacial score (nSPS) is 10.8. The summed E-state index contributed by atoms with van der Waals surface area (Å²) in [4.78, 5) is 22.9. The first-order valence-electron chi connectivity index (χ1n) is 8.98. The largest absolute Gasteiger partial charge is 0.469 e. The van der Waals surface area contributed by atoms with E-state index in [9.17, 15) is 18.0 Å². The average Bonchev–Trinajstić information content (AvgIpc) is 2.68. The van der Waals surface area contributed by atoms with Gasteiger partial charge in [-0.15, -0.1) is 0 Å². The maximum absolute atomic E-state index is 12.6. The second-order valence-electron chi connectivity index (χ2n) is 6.53. The lowest BCUT2D eigenvalue weighted by Crippen LogP contribution is -2.34. The number of hydrogen-bond donors (Lipinski definition) is 3. The number of hydrogen-bond acceptors (Lipinski definition) is 6. The third kappa shape index (κ3) is 6.82. The van der Waals surface area contributed by atoms with Crippen LogP contribution in [0.1, 0.15) is 24.0 Å². The molecule has 0 bridgehead atoms. The Labute approximate surface area is 181 Å². The van der Waals surface area contributed by atoms with Crippen molar-refractivity contribution < 1.29 is 22.7 Å². The fraction of sp³-hybridized carbons (Fsp3) is 0.250. The molecule has 2 rings (SSSR count). The van der Waals surface area contributed by atoms with Gasteiger partial charge in [0.1, 0.15) is 0 Å². The molecular formula is C20H23N3O5S2. The molecule has 0 saturated carbocycles. The predicted octanol–water partition coefficient (Wildman–Crippen LogP) is 2.87. The molecule has 10 heteroatoms. The first-order valence-corrected chi connectivity index (χ1v) is 10.9. The summed E-state index contributed by atoms with van der Waals surface area (Å²) < 4.78 is 32.3. The Morgan fingerprint density at radius 1 is 1.03 bits per heavy atom. The Hall–Kier alpha value is -2.98. The zero-order valence-corrected chi connectivity index (χ0v) is 18.4. The first-order chi connectivity index (χ1) is 14.1. The van der Waals surface area contributed by atoms with E-state index < -0.39 is 21.9 Å². The number of anilines is 2. The van der Waals surface area contributed by atoms with E-state index >= 15 is 0 Å². The van der Waals surface area contributed by atoms with Gasteiger partial charge in [0.25, 0.3) is 10.0 Å². The third-order valence-corrected chi connectivity index (χ3v) is 5.67. The summed E-state index contributed by atoms with van der Waals surface area (Å²) in [5, 5.41) is 5.26. The molecule has 0 saturated heterocycles. The summed E-state index contributed by atoms with van der Waals surface area (Å²) in [6.45, 7) is 3.77. The highest BCUT2D eigenvalue weighted by Gasteiger charge is 2.15. The third-order valence-electron chi connectivity index (χ3n) is 4.09. The van der Waals surface area contributed by atoms with Gasteiger partial charge in [-0.25, -0.2) is 8.42 Å². The number of carbonyl (C=O) groups is 2. The molecule has 0 fully saturated rings. The van der Waals surface area contributed by atoms with Gasteiger partial charge in [-0.2, -0.15) is 0 Å². The molecule has 30 heavy (non-hydrogen) atoms. The van der Waals surface area contributed by atoms with Gasteiger partial charge in [0.15, 0.2) is 5.11 Å². The highest BCUT2D eigenvalue weighted by Crippen LogP contribution is 2.21. The molecule has 0 spiro atoms. The minimum Gasteiger partial charge on any atom is -0.469 e. The van der Waals surface area contributed by atoms with Crippen LogP contribution in [0.4, 0.5) is 11.4 Å². The van der Waals surface area contributed by atoms with Crippen molar-refractivity contribution in [2.45, 2.75) is 31.6 Å². The maximum atomic E-state index is 12.6. The predicted molar refractivity (Wildman–Crippen MR) is 119 cm³/mol. The summed E-state index contributed by atoms with van der Waals surface area (Å²) in [5.74, 6) is -0.926. The number of thiocarbonyl (C=S) groups is 1. The fourth-order valence-corrected chi connectivity index (χ4v) is 3.88. The second-order valence-corrected chi connectivity index (χ2v) is 8.62. The number of esters is 1. The van der Waals surface area contributed by atoms with Crippen molar-refractivity contribution in [3.63, 3.8) is 0 Å². The van der Waals surface area contributed by atoms with Crippen molar-refractivity contribution in [3.8, 4) is 0 Å². The Morgan fingerprint density at radius 2 is 1.70 bits per heavy atom. The Balaban J connectivity index is 1.97. The van der Waals surface area contributed by atoms with Crippen LogP contribution in [-0.2, 0) is 24.3 Å². The van der Waals surface area contributed by atoms with Gasteiger partial charge in [-0.3, -0.25) is 14.3 Å². The number of benzene rings is 2. The fourth-order valence-electron chi connectivity index (χ4n) is 2.52. The number of sulfonamides is 1. The molecule has 0 aliphatic carbocycles. The topological polar surface area (TPSA) is 114 Å². The van der Waals surface area contributed by atoms with Crippen LogP contribution in [0.25, 0.3) is 0 Å². The average molecular weight is 450 g/mol. The minimum atomic E-state index is -3.76.